The van der Waals surface area contributed by atoms with Crippen molar-refractivity contribution in [2.24, 2.45) is 45.3 Å². The van der Waals surface area contributed by atoms with E-state index in [2.05, 4.69) is 40.7 Å². The summed E-state index contributed by atoms with van der Waals surface area (Å²) in [5.41, 5.74) is -1.72. The third-order valence-electron chi connectivity index (χ3n) is 22.3. The predicted molar refractivity (Wildman–Crippen MR) is 287 cm³/mol. The van der Waals surface area contributed by atoms with E-state index < -0.39 is 203 Å². The molecule has 84 heavy (non-hydrogen) atoms. The quantitative estimate of drug-likeness (QED) is 0.0477. The molecule has 0 amide bonds. The summed E-state index contributed by atoms with van der Waals surface area (Å²) in [4.78, 5) is 0. The summed E-state index contributed by atoms with van der Waals surface area (Å²) in [6, 6.07) is 0. The van der Waals surface area contributed by atoms with Crippen LogP contribution in [0.4, 0.5) is 0 Å². The van der Waals surface area contributed by atoms with E-state index in [4.69, 9.17) is 47.4 Å². The monoisotopic (exact) mass is 1210 g/mol. The molecule has 5 saturated heterocycles. The minimum atomic E-state index is -1.83. The Hall–Kier alpha value is -1.30. The first-order chi connectivity index (χ1) is 39.4. The van der Waals surface area contributed by atoms with Gasteiger partial charge in [-0.3, -0.25) is 0 Å². The molecule has 0 spiro atoms. The number of allylic oxidation sites excluding steroid dienone is 2. The molecule has 33 atom stereocenters. The van der Waals surface area contributed by atoms with Gasteiger partial charge in [0.1, 0.15) is 110 Å². The molecular formula is C58H98O26. The van der Waals surface area contributed by atoms with Crippen molar-refractivity contribution < 1.29 is 129 Å². The highest BCUT2D eigenvalue weighted by molar-refractivity contribution is 5.21. The first-order valence-corrected chi connectivity index (χ1v) is 30.2. The third-order valence-corrected chi connectivity index (χ3v) is 22.3. The van der Waals surface area contributed by atoms with Crippen LogP contribution in [-0.4, -0.2) is 274 Å². The average molecular weight is 1210 g/mol. The summed E-state index contributed by atoms with van der Waals surface area (Å²) in [6.07, 6.45) is -29.8. The molecule has 0 aromatic heterocycles. The van der Waals surface area contributed by atoms with Crippen molar-refractivity contribution in [3.8, 4) is 0 Å². The van der Waals surface area contributed by atoms with Gasteiger partial charge in [0.05, 0.1) is 50.8 Å². The van der Waals surface area contributed by atoms with Crippen LogP contribution in [-0.2, 0) is 47.4 Å². The molecule has 4 aliphatic carbocycles. The maximum atomic E-state index is 12.9. The van der Waals surface area contributed by atoms with Crippen molar-refractivity contribution in [2.75, 3.05) is 33.0 Å². The van der Waals surface area contributed by atoms with Gasteiger partial charge < -0.3 is 129 Å². The van der Waals surface area contributed by atoms with Gasteiger partial charge in [-0.1, -0.05) is 46.3 Å². The zero-order valence-electron chi connectivity index (χ0n) is 49.5. The second kappa shape index (κ2) is 25.8. The Balaban J connectivity index is 0.918. The van der Waals surface area contributed by atoms with E-state index in [1.807, 2.05) is 20.8 Å². The number of hydrogen-bond acceptors (Lipinski definition) is 26. The zero-order chi connectivity index (χ0) is 61.5. The van der Waals surface area contributed by atoms with Gasteiger partial charge in [-0.2, -0.15) is 0 Å². The average Bonchev–Trinajstić information content (AvgIpc) is 1.32. The van der Waals surface area contributed by atoms with E-state index in [0.29, 0.717) is 38.5 Å². The lowest BCUT2D eigenvalue weighted by Crippen LogP contribution is -2.68. The van der Waals surface area contributed by atoms with Crippen LogP contribution in [0.1, 0.15) is 113 Å². The smallest absolute Gasteiger partial charge is 0.187 e. The van der Waals surface area contributed by atoms with Gasteiger partial charge in [0.25, 0.3) is 0 Å². The van der Waals surface area contributed by atoms with Crippen LogP contribution >= 0.6 is 0 Å². The number of fused-ring (bicyclic) bond motifs is 5. The van der Waals surface area contributed by atoms with Gasteiger partial charge in [-0.25, -0.2) is 0 Å². The molecular weight excluding hydrogens is 1110 g/mol. The van der Waals surface area contributed by atoms with Gasteiger partial charge in [0, 0.05) is 0 Å². The van der Waals surface area contributed by atoms with Gasteiger partial charge in [0.2, 0.25) is 0 Å². The van der Waals surface area contributed by atoms with Gasteiger partial charge >= 0.3 is 0 Å². The zero-order valence-corrected chi connectivity index (χ0v) is 49.5. The Bertz CT molecular complexity index is 2210. The molecule has 26 heteroatoms. The topological polar surface area (TPSA) is 416 Å². The van der Waals surface area contributed by atoms with Crippen LogP contribution in [0.25, 0.3) is 0 Å². The van der Waals surface area contributed by atoms with Crippen LogP contribution in [0.15, 0.2) is 11.6 Å². The van der Waals surface area contributed by atoms with Gasteiger partial charge in [-0.05, 0) is 124 Å². The van der Waals surface area contributed by atoms with E-state index in [1.54, 1.807) is 0 Å². The molecule has 0 aromatic carbocycles. The highest BCUT2D eigenvalue weighted by Gasteiger charge is 2.72. The third kappa shape index (κ3) is 11.9. The summed E-state index contributed by atoms with van der Waals surface area (Å²) in [5.74, 6) is -0.565. The Morgan fingerprint density at radius 1 is 0.524 bits per heavy atom. The first kappa shape index (κ1) is 67.1. The largest absolute Gasteiger partial charge is 0.394 e. The molecule has 26 nitrogen and oxygen atoms in total. The van der Waals surface area contributed by atoms with Crippen LogP contribution < -0.4 is 0 Å². The second-order valence-electron chi connectivity index (χ2n) is 27.6. The first-order valence-electron chi connectivity index (χ1n) is 30.2. The summed E-state index contributed by atoms with van der Waals surface area (Å²) in [7, 11) is 0. The molecule has 0 bridgehead atoms. The summed E-state index contributed by atoms with van der Waals surface area (Å²) in [5, 5.41) is 174. The highest BCUT2D eigenvalue weighted by Crippen LogP contribution is 2.76. The molecule has 486 valence electrons. The van der Waals surface area contributed by atoms with Crippen LogP contribution in [0.5, 0.6) is 0 Å². The molecule has 0 radical (unpaired) electrons. The van der Waals surface area contributed by atoms with E-state index >= 15 is 0 Å². The van der Waals surface area contributed by atoms with E-state index in [1.165, 1.54) is 0 Å². The fourth-order valence-corrected chi connectivity index (χ4v) is 17.2. The molecule has 4 saturated carbocycles. The normalized spacial score (nSPS) is 52.9. The minimum absolute atomic E-state index is 0.0176. The van der Waals surface area contributed by atoms with Crippen molar-refractivity contribution in [1.82, 2.24) is 0 Å². The Labute approximate surface area is 490 Å². The van der Waals surface area contributed by atoms with Crippen molar-refractivity contribution >= 4 is 0 Å². The Morgan fingerprint density at radius 2 is 1.06 bits per heavy atom. The molecule has 5 aliphatic heterocycles. The molecule has 4 unspecified atom stereocenters. The maximum absolute atomic E-state index is 12.9. The fraction of sp³-hybridized carbons (Fsp3) is 0.966. The fourth-order valence-electron chi connectivity index (χ4n) is 17.2. The number of aliphatic hydroxyl groups excluding tert-OH is 16. The maximum Gasteiger partial charge on any atom is 0.187 e. The SMILES string of the molecule is CC(C)=CCC[C@](C)(O[C@@H]1O[C@H](CO[C@@H]2O[C@H](CO)[C@@H](O)[C@@H]2O[C@H]2OC[C@@H](O)[C@H](O)[C@H]2O)[C@@H](O)[C@H](O)[C@H]1O)[C@H]1CC[C@]2(C)C1C(O)CC1[C@@]3(C)CCC(O[C@@H]4O[C@H](CO)[C@@H](O)[C@H](O)[C@H]4O[C@@H]4O[C@H](CO)[C@@H](O)[C@H](O)[C@H]4O)C(C)(C)[C@@H]3CC[C@]12C. The summed E-state index contributed by atoms with van der Waals surface area (Å²) >= 11 is 0. The van der Waals surface area contributed by atoms with Crippen LogP contribution in [0.2, 0.25) is 0 Å². The van der Waals surface area contributed by atoms with Crippen molar-refractivity contribution in [3.05, 3.63) is 11.6 Å². The summed E-state index contributed by atoms with van der Waals surface area (Å²) in [6.45, 7) is 14.1. The molecule has 5 heterocycles. The minimum Gasteiger partial charge on any atom is -0.394 e. The van der Waals surface area contributed by atoms with Crippen molar-refractivity contribution in [2.45, 2.75) is 272 Å². The highest BCUT2D eigenvalue weighted by atomic mass is 16.8. The van der Waals surface area contributed by atoms with Crippen molar-refractivity contribution in [1.29, 1.82) is 0 Å². The molecule has 0 aromatic rings. The van der Waals surface area contributed by atoms with Gasteiger partial charge in [-0.15, -0.1) is 0 Å². The van der Waals surface area contributed by atoms with Gasteiger partial charge in [0.15, 0.2) is 31.5 Å². The Morgan fingerprint density at radius 3 is 1.70 bits per heavy atom. The van der Waals surface area contributed by atoms with Crippen molar-refractivity contribution in [3.63, 3.8) is 0 Å². The second-order valence-corrected chi connectivity index (χ2v) is 27.6. The van der Waals surface area contributed by atoms with Crippen LogP contribution in [0, 0.1) is 45.3 Å². The number of hydrogen-bond donors (Lipinski definition) is 16. The number of rotatable bonds is 18. The van der Waals surface area contributed by atoms with E-state index in [0.717, 1.165) is 24.8 Å². The van der Waals surface area contributed by atoms with E-state index in [9.17, 15) is 81.7 Å². The Kier molecular flexibility index (Phi) is 20.6. The van der Waals surface area contributed by atoms with E-state index in [-0.39, 0.29) is 34.5 Å². The lowest BCUT2D eigenvalue weighted by molar-refractivity contribution is -0.378. The lowest BCUT2D eigenvalue weighted by atomic mass is 9.35. The molecule has 9 fully saturated rings. The number of ether oxygens (including phenoxy) is 10. The summed E-state index contributed by atoms with van der Waals surface area (Å²) < 4.78 is 60.9. The molecule has 16 N–H and O–H groups in total. The van der Waals surface area contributed by atoms with Crippen LogP contribution in [0.3, 0.4) is 0 Å². The predicted octanol–water partition coefficient (Wildman–Crippen LogP) is -3.10. The lowest BCUT2D eigenvalue weighted by Gasteiger charge is -2.71. The standard InChI is InChI=1S/C58H98O26/c1-24(2)10-9-14-58(8,84-51-46(74)42(70)39(67)31(80-51)23-76-52-47(40(68)30(21-61)78-52)82-49-44(72)36(64)27(63)22-75-49)25-11-16-57(7)35(25)26(62)18-33-55(5)15-13-34(54(3,4)32(55)12-17-56(33,57)6)81-53-48(43(71)38(66)29(20-60)79-53)83-50-45(73)41(69)37(65)28(19-59)77-50/h10,25-53,59-74H,9,11-23H2,1-8H3/t25-,26?,27+,28+,29+,30+,31+,32-,33?,34?,35?,36-,37+,38+,39+,40+,41-,42-,43-,44+,45+,46+,47-,48+,49+,50-,51-,52+,53-,55-,56+,57+,58-/m0/s1. The molecule has 9 aliphatic rings. The number of aliphatic hydroxyl groups is 16. The molecule has 9 rings (SSSR count).